The molecule has 1 rings (SSSR count). The van der Waals surface area contributed by atoms with E-state index in [1.54, 1.807) is 0 Å². The highest BCUT2D eigenvalue weighted by Crippen LogP contribution is 2.31. The number of nitrogens with zero attached hydrogens (tertiary/aromatic N) is 1. The minimum atomic E-state index is -0.912. The molecule has 5 nitrogen and oxygen atoms in total. The summed E-state index contributed by atoms with van der Waals surface area (Å²) in [6.45, 7) is 3.87. The van der Waals surface area contributed by atoms with Crippen LogP contribution in [0.5, 0.6) is 5.88 Å². The Morgan fingerprint density at radius 2 is 2.40 bits per heavy atom. The first-order valence-corrected chi connectivity index (χ1v) is 8.30. The number of hydrogen-bond donors (Lipinski definition) is 1. The molecule has 0 fully saturated rings. The Balaban J connectivity index is 2.87. The van der Waals surface area contributed by atoms with Gasteiger partial charge >= 0.3 is 5.97 Å². The third-order valence-electron chi connectivity index (χ3n) is 1.89. The van der Waals surface area contributed by atoms with Crippen LogP contribution in [0.15, 0.2) is 10.6 Å². The molecule has 1 aromatic heterocycles. The summed E-state index contributed by atoms with van der Waals surface area (Å²) in [5.41, 5.74) is 0. The normalized spacial score (nSPS) is 13.6. The number of carboxylic acid groups (broad SMARTS) is 1. The van der Waals surface area contributed by atoms with Crippen LogP contribution in [0, 0.1) is 5.92 Å². The lowest BCUT2D eigenvalue weighted by molar-refractivity contribution is -0.140. The molecule has 0 aliphatic carbocycles. The second-order valence-electron chi connectivity index (χ2n) is 3.31. The van der Waals surface area contributed by atoms with E-state index in [2.05, 4.69) is 27.2 Å². The molecular formula is C8H11INO4P. The van der Waals surface area contributed by atoms with Crippen molar-refractivity contribution >= 4 is 34.5 Å². The zero-order valence-electron chi connectivity index (χ0n) is 8.23. The SMILES string of the molecule is CC(C)C(C(=O)O)c1cc(OPI)no1. The molecule has 0 saturated carbocycles. The van der Waals surface area contributed by atoms with Gasteiger partial charge in [-0.05, 0) is 33.1 Å². The third kappa shape index (κ3) is 3.31. The Bertz CT molecular complexity index is 341. The summed E-state index contributed by atoms with van der Waals surface area (Å²) in [6, 6.07) is 1.53. The highest BCUT2D eigenvalue weighted by molar-refractivity contribution is 14.2. The van der Waals surface area contributed by atoms with Gasteiger partial charge in [0, 0.05) is 6.07 Å². The Kier molecular flexibility index (Phi) is 4.79. The first-order chi connectivity index (χ1) is 7.06. The molecule has 0 bridgehead atoms. The quantitative estimate of drug-likeness (QED) is 0.658. The average molecular weight is 343 g/mol. The van der Waals surface area contributed by atoms with E-state index in [1.165, 1.54) is 6.07 Å². The number of halogens is 1. The lowest BCUT2D eigenvalue weighted by Gasteiger charge is -2.11. The zero-order chi connectivity index (χ0) is 11.4. The first-order valence-electron chi connectivity index (χ1n) is 4.28. The van der Waals surface area contributed by atoms with E-state index in [0.717, 1.165) is 0 Å². The molecule has 84 valence electrons. The number of carboxylic acids is 1. The summed E-state index contributed by atoms with van der Waals surface area (Å²) in [7, 11) is 0. The second-order valence-corrected chi connectivity index (χ2v) is 4.99. The number of aromatic nitrogens is 1. The van der Waals surface area contributed by atoms with Crippen LogP contribution in [-0.2, 0) is 4.79 Å². The molecule has 0 amide bonds. The third-order valence-corrected chi connectivity index (χ3v) is 2.84. The summed E-state index contributed by atoms with van der Waals surface area (Å²) in [5.74, 6) is -0.964. The summed E-state index contributed by atoms with van der Waals surface area (Å²) in [6.07, 6.45) is 0. The van der Waals surface area contributed by atoms with Gasteiger partial charge in [0.05, 0.1) is 0 Å². The van der Waals surface area contributed by atoms with Gasteiger partial charge in [0.1, 0.15) is 12.4 Å². The predicted molar refractivity (Wildman–Crippen MR) is 64.7 cm³/mol. The number of carbonyl (C=O) groups is 1. The summed E-state index contributed by atoms with van der Waals surface area (Å²) >= 11 is 2.05. The van der Waals surface area contributed by atoms with Crippen LogP contribution in [0.1, 0.15) is 25.5 Å². The smallest absolute Gasteiger partial charge is 0.314 e. The van der Waals surface area contributed by atoms with Gasteiger partial charge in [-0.1, -0.05) is 13.8 Å². The molecule has 0 saturated heterocycles. The molecule has 2 atom stereocenters. The summed E-state index contributed by atoms with van der Waals surface area (Å²) in [4.78, 5) is 11.0. The van der Waals surface area contributed by atoms with Gasteiger partial charge in [0.15, 0.2) is 5.76 Å². The summed E-state index contributed by atoms with van der Waals surface area (Å²) < 4.78 is 10.1. The van der Waals surface area contributed by atoms with E-state index in [-0.39, 0.29) is 12.4 Å². The van der Waals surface area contributed by atoms with E-state index < -0.39 is 11.9 Å². The Labute approximate surface area is 102 Å². The van der Waals surface area contributed by atoms with Crippen molar-refractivity contribution in [1.29, 1.82) is 0 Å². The number of hydrogen-bond acceptors (Lipinski definition) is 4. The fourth-order valence-corrected chi connectivity index (χ4v) is 2.09. The maximum absolute atomic E-state index is 11.0. The summed E-state index contributed by atoms with van der Waals surface area (Å²) in [5, 5.41) is 12.6. The predicted octanol–water partition coefficient (Wildman–Crippen LogP) is 2.82. The monoisotopic (exact) mass is 343 g/mol. The maximum Gasteiger partial charge on any atom is 0.314 e. The Morgan fingerprint density at radius 3 is 2.87 bits per heavy atom. The van der Waals surface area contributed by atoms with Crippen molar-refractivity contribution in [1.82, 2.24) is 5.16 Å². The molecule has 0 radical (unpaired) electrons. The molecule has 1 aromatic rings. The fourth-order valence-electron chi connectivity index (χ4n) is 1.24. The van der Waals surface area contributed by atoms with Gasteiger partial charge < -0.3 is 14.2 Å². The zero-order valence-corrected chi connectivity index (χ0v) is 11.4. The average Bonchev–Trinajstić information content (AvgIpc) is 2.52. The first kappa shape index (κ1) is 12.7. The Hall–Kier alpha value is -0.360. The lowest BCUT2D eigenvalue weighted by atomic mass is 9.94. The van der Waals surface area contributed by atoms with Crippen molar-refractivity contribution in [3.05, 3.63) is 11.8 Å². The molecule has 1 heterocycles. The fraction of sp³-hybridized carbons (Fsp3) is 0.500. The number of rotatable bonds is 5. The van der Waals surface area contributed by atoms with Crippen LogP contribution in [0.25, 0.3) is 0 Å². The molecule has 15 heavy (non-hydrogen) atoms. The molecule has 2 unspecified atom stereocenters. The maximum atomic E-state index is 11.0. The highest BCUT2D eigenvalue weighted by atomic mass is 127. The van der Waals surface area contributed by atoms with E-state index in [4.69, 9.17) is 14.2 Å². The molecule has 0 aliphatic heterocycles. The standard InChI is InChI=1S/C8H11INO4P/c1-4(2)7(8(11)12)5-3-6(10-13-5)14-15-9/h3-4,7,15H,1-2H3,(H,11,12). The molecule has 7 heteroatoms. The molecule has 1 N–H and O–H groups in total. The van der Waals surface area contributed by atoms with Crippen LogP contribution in [0.2, 0.25) is 0 Å². The largest absolute Gasteiger partial charge is 0.481 e. The molecule has 0 aromatic carbocycles. The van der Waals surface area contributed by atoms with E-state index in [9.17, 15) is 4.79 Å². The highest BCUT2D eigenvalue weighted by Gasteiger charge is 2.28. The van der Waals surface area contributed by atoms with Gasteiger partial charge in [0.2, 0.25) is 0 Å². The van der Waals surface area contributed by atoms with Crippen LogP contribution in [0.4, 0.5) is 0 Å². The van der Waals surface area contributed by atoms with Gasteiger partial charge in [-0.3, -0.25) is 4.79 Å². The lowest BCUT2D eigenvalue weighted by Crippen LogP contribution is -2.16. The molecule has 0 spiro atoms. The van der Waals surface area contributed by atoms with Crippen LogP contribution < -0.4 is 4.52 Å². The van der Waals surface area contributed by atoms with Crippen molar-refractivity contribution in [3.63, 3.8) is 0 Å². The minimum Gasteiger partial charge on any atom is -0.481 e. The van der Waals surface area contributed by atoms with Crippen LogP contribution >= 0.6 is 28.5 Å². The van der Waals surface area contributed by atoms with Crippen LogP contribution in [0.3, 0.4) is 0 Å². The molecular weight excluding hydrogens is 332 g/mol. The Morgan fingerprint density at radius 1 is 1.73 bits per heavy atom. The van der Waals surface area contributed by atoms with Gasteiger partial charge in [-0.15, -0.1) is 0 Å². The van der Waals surface area contributed by atoms with Crippen molar-refractivity contribution < 1.29 is 18.9 Å². The number of aliphatic carboxylic acids is 1. The van der Waals surface area contributed by atoms with Crippen molar-refractivity contribution in [3.8, 4) is 5.88 Å². The van der Waals surface area contributed by atoms with Crippen molar-refractivity contribution in [2.75, 3.05) is 0 Å². The minimum absolute atomic E-state index is 0.0506. The van der Waals surface area contributed by atoms with E-state index in [0.29, 0.717) is 11.6 Å². The van der Waals surface area contributed by atoms with Crippen molar-refractivity contribution in [2.24, 2.45) is 5.92 Å². The van der Waals surface area contributed by atoms with Crippen LogP contribution in [-0.4, -0.2) is 16.2 Å². The van der Waals surface area contributed by atoms with Gasteiger partial charge in [-0.2, -0.15) is 0 Å². The van der Waals surface area contributed by atoms with E-state index in [1.807, 2.05) is 13.8 Å². The second kappa shape index (κ2) is 5.65. The van der Waals surface area contributed by atoms with Gasteiger partial charge in [0.25, 0.3) is 5.88 Å². The topological polar surface area (TPSA) is 72.6 Å². The van der Waals surface area contributed by atoms with Gasteiger partial charge in [-0.25, -0.2) is 0 Å². The van der Waals surface area contributed by atoms with Crippen molar-refractivity contribution in [2.45, 2.75) is 19.8 Å². The van der Waals surface area contributed by atoms with E-state index >= 15 is 0 Å². The molecule has 0 aliphatic rings.